The number of alkyl halides is 3. The lowest BCUT2D eigenvalue weighted by atomic mass is 9.99. The van der Waals surface area contributed by atoms with Crippen molar-refractivity contribution >= 4 is 0 Å². The van der Waals surface area contributed by atoms with Crippen molar-refractivity contribution in [1.29, 1.82) is 0 Å². The van der Waals surface area contributed by atoms with Crippen molar-refractivity contribution in [2.75, 3.05) is 0 Å². The van der Waals surface area contributed by atoms with Gasteiger partial charge in [-0.1, -0.05) is 17.7 Å². The SMILES string of the molecule is Cc1ccc(F)c(CNCc2nnc3n2CC(C(F)(F)F)CC3)c1. The van der Waals surface area contributed by atoms with E-state index in [0.29, 0.717) is 17.2 Å². The van der Waals surface area contributed by atoms with Gasteiger partial charge < -0.3 is 9.88 Å². The van der Waals surface area contributed by atoms with Crippen LogP contribution < -0.4 is 5.32 Å². The molecular weight excluding hydrogens is 324 g/mol. The quantitative estimate of drug-likeness (QED) is 0.868. The molecule has 0 bridgehead atoms. The minimum atomic E-state index is -4.21. The number of hydrogen-bond acceptors (Lipinski definition) is 3. The Morgan fingerprint density at radius 1 is 1.25 bits per heavy atom. The van der Waals surface area contributed by atoms with E-state index in [-0.39, 0.29) is 38.3 Å². The second-order valence-corrected chi connectivity index (χ2v) is 6.12. The van der Waals surface area contributed by atoms with E-state index < -0.39 is 12.1 Å². The lowest BCUT2D eigenvalue weighted by molar-refractivity contribution is -0.182. The summed E-state index contributed by atoms with van der Waals surface area (Å²) in [6, 6.07) is 4.82. The molecule has 0 fully saturated rings. The van der Waals surface area contributed by atoms with E-state index >= 15 is 0 Å². The Morgan fingerprint density at radius 3 is 2.79 bits per heavy atom. The molecule has 1 atom stereocenters. The van der Waals surface area contributed by atoms with E-state index in [1.807, 2.05) is 6.92 Å². The Morgan fingerprint density at radius 2 is 2.04 bits per heavy atom. The highest BCUT2D eigenvalue weighted by Gasteiger charge is 2.42. The smallest absolute Gasteiger partial charge is 0.313 e. The van der Waals surface area contributed by atoms with E-state index in [0.717, 1.165) is 5.56 Å². The summed E-state index contributed by atoms with van der Waals surface area (Å²) in [7, 11) is 0. The zero-order valence-corrected chi connectivity index (χ0v) is 13.2. The zero-order chi connectivity index (χ0) is 17.3. The molecule has 1 aliphatic heterocycles. The summed E-state index contributed by atoms with van der Waals surface area (Å²) < 4.78 is 54.0. The standard InChI is InChI=1S/C16H18F4N4/c1-10-2-4-13(17)11(6-10)7-21-8-15-23-22-14-5-3-12(9-24(14)15)16(18,19)20/h2,4,6,12,21H,3,5,7-9H2,1H3. The number of halogens is 4. The van der Waals surface area contributed by atoms with Gasteiger partial charge in [0, 0.05) is 25.1 Å². The number of nitrogens with zero attached hydrogens (tertiary/aromatic N) is 3. The molecule has 24 heavy (non-hydrogen) atoms. The summed E-state index contributed by atoms with van der Waals surface area (Å²) in [4.78, 5) is 0. The Bertz CT molecular complexity index is 723. The summed E-state index contributed by atoms with van der Waals surface area (Å²) in [6.07, 6.45) is -3.90. The van der Waals surface area contributed by atoms with Crippen molar-refractivity contribution in [2.45, 2.75) is 45.6 Å². The molecule has 1 aliphatic rings. The Balaban J connectivity index is 1.65. The van der Waals surface area contributed by atoms with Crippen LogP contribution in [0, 0.1) is 18.7 Å². The average Bonchev–Trinajstić information content (AvgIpc) is 2.92. The van der Waals surface area contributed by atoms with Gasteiger partial charge in [-0.2, -0.15) is 13.2 Å². The molecule has 130 valence electrons. The van der Waals surface area contributed by atoms with Gasteiger partial charge in [0.2, 0.25) is 0 Å². The molecule has 0 spiro atoms. The monoisotopic (exact) mass is 342 g/mol. The summed E-state index contributed by atoms with van der Waals surface area (Å²) >= 11 is 0. The van der Waals surface area contributed by atoms with Crippen LogP contribution in [0.5, 0.6) is 0 Å². The second-order valence-electron chi connectivity index (χ2n) is 6.12. The van der Waals surface area contributed by atoms with E-state index in [1.54, 1.807) is 12.1 Å². The van der Waals surface area contributed by atoms with Crippen LogP contribution in [-0.4, -0.2) is 20.9 Å². The first-order valence-electron chi connectivity index (χ1n) is 7.78. The predicted octanol–water partition coefficient (Wildman–Crippen LogP) is 3.14. The summed E-state index contributed by atoms with van der Waals surface area (Å²) in [5.74, 6) is -0.650. The molecule has 1 aromatic heterocycles. The van der Waals surface area contributed by atoms with Crippen LogP contribution in [0.3, 0.4) is 0 Å². The number of aryl methyl sites for hydroxylation is 2. The Hall–Kier alpha value is -1.96. The number of rotatable bonds is 4. The van der Waals surface area contributed by atoms with E-state index in [2.05, 4.69) is 15.5 Å². The van der Waals surface area contributed by atoms with Gasteiger partial charge in [-0.15, -0.1) is 10.2 Å². The van der Waals surface area contributed by atoms with Crippen molar-refractivity contribution < 1.29 is 17.6 Å². The number of fused-ring (bicyclic) bond motifs is 1. The third kappa shape index (κ3) is 3.58. The van der Waals surface area contributed by atoms with Crippen LogP contribution in [0.25, 0.3) is 0 Å². The number of nitrogens with one attached hydrogen (secondary N) is 1. The maximum absolute atomic E-state index is 13.7. The topological polar surface area (TPSA) is 42.7 Å². The van der Waals surface area contributed by atoms with Gasteiger partial charge in [-0.05, 0) is 19.4 Å². The molecule has 0 amide bonds. The second kappa shape index (κ2) is 6.51. The molecule has 4 nitrogen and oxygen atoms in total. The van der Waals surface area contributed by atoms with Crippen LogP contribution in [0.1, 0.15) is 29.2 Å². The van der Waals surface area contributed by atoms with Crippen LogP contribution >= 0.6 is 0 Å². The summed E-state index contributed by atoms with van der Waals surface area (Å²) in [6.45, 7) is 2.24. The van der Waals surface area contributed by atoms with Crippen LogP contribution in [-0.2, 0) is 26.1 Å². The van der Waals surface area contributed by atoms with Crippen LogP contribution in [0.15, 0.2) is 18.2 Å². The molecule has 0 aliphatic carbocycles. The normalized spacial score (nSPS) is 17.8. The highest BCUT2D eigenvalue weighted by atomic mass is 19.4. The fraction of sp³-hybridized carbons (Fsp3) is 0.500. The first kappa shape index (κ1) is 16.9. The molecule has 0 radical (unpaired) electrons. The lowest BCUT2D eigenvalue weighted by Crippen LogP contribution is -2.33. The van der Waals surface area contributed by atoms with Gasteiger partial charge in [0.15, 0.2) is 0 Å². The molecular formula is C16H18F4N4. The van der Waals surface area contributed by atoms with Crippen molar-refractivity contribution in [3.63, 3.8) is 0 Å². The first-order chi connectivity index (χ1) is 11.3. The van der Waals surface area contributed by atoms with Crippen molar-refractivity contribution in [1.82, 2.24) is 20.1 Å². The van der Waals surface area contributed by atoms with E-state index in [1.165, 1.54) is 10.6 Å². The van der Waals surface area contributed by atoms with Gasteiger partial charge in [0.25, 0.3) is 0 Å². The summed E-state index contributed by atoms with van der Waals surface area (Å²) in [5, 5.41) is 11.0. The van der Waals surface area contributed by atoms with E-state index in [9.17, 15) is 17.6 Å². The Kier molecular flexibility index (Phi) is 4.58. The molecule has 0 saturated heterocycles. The third-order valence-corrected chi connectivity index (χ3v) is 4.29. The Labute approximate surface area is 136 Å². The van der Waals surface area contributed by atoms with Crippen molar-refractivity contribution in [2.24, 2.45) is 5.92 Å². The molecule has 3 rings (SSSR count). The lowest BCUT2D eigenvalue weighted by Gasteiger charge is -2.26. The zero-order valence-electron chi connectivity index (χ0n) is 13.2. The fourth-order valence-electron chi connectivity index (χ4n) is 2.93. The number of aromatic nitrogens is 3. The molecule has 1 N–H and O–H groups in total. The minimum Gasteiger partial charge on any atom is -0.313 e. The molecule has 8 heteroatoms. The fourth-order valence-corrected chi connectivity index (χ4v) is 2.93. The van der Waals surface area contributed by atoms with Crippen molar-refractivity contribution in [3.8, 4) is 0 Å². The largest absolute Gasteiger partial charge is 0.393 e. The van der Waals surface area contributed by atoms with Crippen molar-refractivity contribution in [3.05, 3.63) is 46.8 Å². The highest BCUT2D eigenvalue weighted by molar-refractivity contribution is 5.23. The molecule has 1 aromatic carbocycles. The maximum atomic E-state index is 13.7. The average molecular weight is 342 g/mol. The number of hydrogen-bond donors (Lipinski definition) is 1. The van der Waals surface area contributed by atoms with Gasteiger partial charge >= 0.3 is 6.18 Å². The highest BCUT2D eigenvalue weighted by Crippen LogP contribution is 2.34. The molecule has 2 aromatic rings. The van der Waals surface area contributed by atoms with Crippen LogP contribution in [0.4, 0.5) is 17.6 Å². The first-order valence-corrected chi connectivity index (χ1v) is 7.78. The molecule has 0 saturated carbocycles. The maximum Gasteiger partial charge on any atom is 0.393 e. The van der Waals surface area contributed by atoms with E-state index in [4.69, 9.17) is 0 Å². The van der Waals surface area contributed by atoms with Gasteiger partial charge in [-0.3, -0.25) is 0 Å². The molecule has 1 unspecified atom stereocenters. The number of benzene rings is 1. The minimum absolute atomic E-state index is 0.0452. The predicted molar refractivity (Wildman–Crippen MR) is 79.6 cm³/mol. The summed E-state index contributed by atoms with van der Waals surface area (Å²) in [5.41, 5.74) is 1.46. The van der Waals surface area contributed by atoms with Gasteiger partial charge in [0.05, 0.1) is 12.5 Å². The third-order valence-electron chi connectivity index (χ3n) is 4.29. The van der Waals surface area contributed by atoms with Gasteiger partial charge in [0.1, 0.15) is 17.5 Å². The van der Waals surface area contributed by atoms with Crippen LogP contribution in [0.2, 0.25) is 0 Å². The molecule has 2 heterocycles. The van der Waals surface area contributed by atoms with Gasteiger partial charge in [-0.25, -0.2) is 4.39 Å².